The second-order valence-corrected chi connectivity index (χ2v) is 4.89. The van der Waals surface area contributed by atoms with E-state index in [0.29, 0.717) is 6.54 Å². The molecular formula is C13H20N2O. The maximum Gasteiger partial charge on any atom is 0.0574 e. The molecule has 2 rings (SSSR count). The minimum Gasteiger partial charge on any atom is -0.380 e. The van der Waals surface area contributed by atoms with E-state index in [1.165, 1.54) is 11.3 Å². The number of aryl methyl sites for hydroxylation is 1. The van der Waals surface area contributed by atoms with Gasteiger partial charge in [0.2, 0.25) is 0 Å². The Balaban J connectivity index is 2.02. The Morgan fingerprint density at radius 2 is 1.94 bits per heavy atom. The van der Waals surface area contributed by atoms with E-state index in [4.69, 9.17) is 10.5 Å². The Morgan fingerprint density at radius 1 is 1.31 bits per heavy atom. The number of nitrogens with zero attached hydrogens (tertiary/aromatic N) is 1. The van der Waals surface area contributed by atoms with Crippen LogP contribution < -0.4 is 10.6 Å². The third-order valence-corrected chi connectivity index (χ3v) is 3.30. The molecule has 1 aromatic carbocycles. The van der Waals surface area contributed by atoms with Gasteiger partial charge in [0.05, 0.1) is 13.2 Å². The van der Waals surface area contributed by atoms with Gasteiger partial charge in [-0.05, 0) is 19.1 Å². The Bertz CT molecular complexity index is 338. The quantitative estimate of drug-likeness (QED) is 0.833. The molecule has 1 aliphatic rings. The fourth-order valence-corrected chi connectivity index (χ4v) is 2.06. The van der Waals surface area contributed by atoms with Gasteiger partial charge in [0.1, 0.15) is 0 Å². The molecule has 0 bridgehead atoms. The molecule has 0 aliphatic carbocycles. The second kappa shape index (κ2) is 4.44. The molecule has 16 heavy (non-hydrogen) atoms. The molecule has 3 nitrogen and oxygen atoms in total. The number of rotatable bonds is 4. The Kier molecular flexibility index (Phi) is 3.17. The normalized spacial score (nSPS) is 17.9. The first-order valence-corrected chi connectivity index (χ1v) is 5.71. The van der Waals surface area contributed by atoms with Gasteiger partial charge in [0.25, 0.3) is 0 Å². The van der Waals surface area contributed by atoms with Crippen LogP contribution in [0.3, 0.4) is 0 Å². The van der Waals surface area contributed by atoms with Crippen molar-refractivity contribution < 1.29 is 4.74 Å². The van der Waals surface area contributed by atoms with Crippen LogP contribution in [0.15, 0.2) is 24.3 Å². The molecule has 0 radical (unpaired) electrons. The number of hydrogen-bond acceptors (Lipinski definition) is 3. The van der Waals surface area contributed by atoms with Crippen LogP contribution in [0, 0.1) is 12.3 Å². The second-order valence-electron chi connectivity index (χ2n) is 4.89. The zero-order valence-corrected chi connectivity index (χ0v) is 10.1. The molecule has 88 valence electrons. The highest BCUT2D eigenvalue weighted by atomic mass is 16.5. The molecule has 1 fully saturated rings. The van der Waals surface area contributed by atoms with Crippen LogP contribution in [-0.2, 0) is 4.74 Å². The lowest BCUT2D eigenvalue weighted by Gasteiger charge is -2.43. The summed E-state index contributed by atoms with van der Waals surface area (Å²) in [7, 11) is 2.11. The summed E-state index contributed by atoms with van der Waals surface area (Å²) in [4.78, 5) is 2.26. The fourth-order valence-electron chi connectivity index (χ4n) is 2.06. The van der Waals surface area contributed by atoms with Gasteiger partial charge < -0.3 is 15.4 Å². The number of anilines is 1. The van der Waals surface area contributed by atoms with E-state index < -0.39 is 0 Å². The topological polar surface area (TPSA) is 38.5 Å². The van der Waals surface area contributed by atoms with Crippen molar-refractivity contribution in [3.05, 3.63) is 29.8 Å². The highest BCUT2D eigenvalue weighted by Crippen LogP contribution is 2.28. The Hall–Kier alpha value is -1.06. The van der Waals surface area contributed by atoms with Gasteiger partial charge in [0, 0.05) is 31.2 Å². The molecule has 0 unspecified atom stereocenters. The van der Waals surface area contributed by atoms with Gasteiger partial charge in [-0.2, -0.15) is 0 Å². The van der Waals surface area contributed by atoms with E-state index >= 15 is 0 Å². The fraction of sp³-hybridized carbons (Fsp3) is 0.538. The van der Waals surface area contributed by atoms with E-state index in [-0.39, 0.29) is 5.41 Å². The average Bonchev–Trinajstić information content (AvgIpc) is 2.24. The molecule has 1 aromatic rings. The standard InChI is InChI=1S/C13H20N2O/c1-11-3-5-12(6-4-11)15(2)8-13(7-14)9-16-10-13/h3-6H,7-10,14H2,1-2H3. The summed E-state index contributed by atoms with van der Waals surface area (Å²) in [5, 5.41) is 0. The predicted molar refractivity (Wildman–Crippen MR) is 66.8 cm³/mol. The molecule has 0 saturated carbocycles. The smallest absolute Gasteiger partial charge is 0.0574 e. The molecule has 0 spiro atoms. The van der Waals surface area contributed by atoms with Gasteiger partial charge in [-0.3, -0.25) is 0 Å². The van der Waals surface area contributed by atoms with Crippen LogP contribution in [0.2, 0.25) is 0 Å². The van der Waals surface area contributed by atoms with E-state index in [2.05, 4.69) is 43.1 Å². The lowest BCUT2D eigenvalue weighted by Crippen LogP contribution is -2.54. The predicted octanol–water partition coefficient (Wildman–Crippen LogP) is 1.41. The molecule has 0 amide bonds. The molecule has 1 aliphatic heterocycles. The molecule has 1 saturated heterocycles. The number of hydrogen-bond donors (Lipinski definition) is 1. The first-order chi connectivity index (χ1) is 7.65. The molecule has 2 N–H and O–H groups in total. The summed E-state index contributed by atoms with van der Waals surface area (Å²) < 4.78 is 5.28. The SMILES string of the molecule is Cc1ccc(N(C)CC2(CN)COC2)cc1. The van der Waals surface area contributed by atoms with Crippen molar-refractivity contribution in [1.82, 2.24) is 0 Å². The first kappa shape index (κ1) is 11.4. The average molecular weight is 220 g/mol. The third-order valence-electron chi connectivity index (χ3n) is 3.30. The highest BCUT2D eigenvalue weighted by Gasteiger charge is 2.38. The van der Waals surface area contributed by atoms with Crippen LogP contribution in [-0.4, -0.2) is 33.4 Å². The lowest BCUT2D eigenvalue weighted by atomic mass is 9.85. The Labute approximate surface area is 97.2 Å². The van der Waals surface area contributed by atoms with Gasteiger partial charge >= 0.3 is 0 Å². The number of ether oxygens (including phenoxy) is 1. The van der Waals surface area contributed by atoms with Crippen LogP contribution in [0.1, 0.15) is 5.56 Å². The monoisotopic (exact) mass is 220 g/mol. The molecule has 1 heterocycles. The summed E-state index contributed by atoms with van der Waals surface area (Å²) in [5.41, 5.74) is 8.51. The number of nitrogens with two attached hydrogens (primary N) is 1. The zero-order valence-electron chi connectivity index (χ0n) is 10.1. The van der Waals surface area contributed by atoms with Crippen molar-refractivity contribution in [2.45, 2.75) is 6.92 Å². The van der Waals surface area contributed by atoms with E-state index in [1.807, 2.05) is 0 Å². The first-order valence-electron chi connectivity index (χ1n) is 5.71. The van der Waals surface area contributed by atoms with Crippen molar-refractivity contribution in [3.63, 3.8) is 0 Å². The van der Waals surface area contributed by atoms with Crippen LogP contribution in [0.4, 0.5) is 5.69 Å². The summed E-state index contributed by atoms with van der Waals surface area (Å²) in [5.74, 6) is 0. The van der Waals surface area contributed by atoms with Gasteiger partial charge in [-0.25, -0.2) is 0 Å². The third kappa shape index (κ3) is 2.20. The Morgan fingerprint density at radius 3 is 2.38 bits per heavy atom. The van der Waals surface area contributed by atoms with Gasteiger partial charge in [-0.15, -0.1) is 0 Å². The largest absolute Gasteiger partial charge is 0.380 e. The molecule has 3 heteroatoms. The molecule has 0 atom stereocenters. The lowest BCUT2D eigenvalue weighted by molar-refractivity contribution is -0.101. The maximum atomic E-state index is 5.81. The van der Waals surface area contributed by atoms with Crippen LogP contribution in [0.5, 0.6) is 0 Å². The van der Waals surface area contributed by atoms with Crippen molar-refractivity contribution in [3.8, 4) is 0 Å². The van der Waals surface area contributed by atoms with E-state index in [1.54, 1.807) is 0 Å². The van der Waals surface area contributed by atoms with E-state index in [0.717, 1.165) is 19.8 Å². The van der Waals surface area contributed by atoms with Gasteiger partial charge in [0.15, 0.2) is 0 Å². The summed E-state index contributed by atoms with van der Waals surface area (Å²) in [6.45, 7) is 5.35. The van der Waals surface area contributed by atoms with Crippen molar-refractivity contribution in [2.24, 2.45) is 11.1 Å². The van der Waals surface area contributed by atoms with Crippen molar-refractivity contribution in [2.75, 3.05) is 38.3 Å². The van der Waals surface area contributed by atoms with Crippen LogP contribution >= 0.6 is 0 Å². The van der Waals surface area contributed by atoms with Crippen molar-refractivity contribution in [1.29, 1.82) is 0 Å². The van der Waals surface area contributed by atoms with Crippen molar-refractivity contribution >= 4 is 5.69 Å². The molecule has 0 aromatic heterocycles. The summed E-state index contributed by atoms with van der Waals surface area (Å²) in [6.07, 6.45) is 0. The number of benzene rings is 1. The minimum atomic E-state index is 0.166. The van der Waals surface area contributed by atoms with E-state index in [9.17, 15) is 0 Å². The van der Waals surface area contributed by atoms with Gasteiger partial charge in [-0.1, -0.05) is 17.7 Å². The van der Waals surface area contributed by atoms with Crippen LogP contribution in [0.25, 0.3) is 0 Å². The summed E-state index contributed by atoms with van der Waals surface area (Å²) in [6, 6.07) is 8.58. The summed E-state index contributed by atoms with van der Waals surface area (Å²) >= 11 is 0. The maximum absolute atomic E-state index is 5.81. The molecular weight excluding hydrogens is 200 g/mol. The minimum absolute atomic E-state index is 0.166. The zero-order chi connectivity index (χ0) is 11.6. The highest BCUT2D eigenvalue weighted by molar-refractivity contribution is 5.47.